The molecule has 0 aliphatic heterocycles. The summed E-state index contributed by atoms with van der Waals surface area (Å²) in [7, 11) is 3.23. The Bertz CT molecular complexity index is 929. The number of benzene rings is 2. The van der Waals surface area contributed by atoms with E-state index in [2.05, 4.69) is 20.6 Å². The van der Waals surface area contributed by atoms with Crippen LogP contribution in [0.1, 0.15) is 15.9 Å². The van der Waals surface area contributed by atoms with Gasteiger partial charge >= 0.3 is 0 Å². The van der Waals surface area contributed by atoms with Gasteiger partial charge in [-0.15, -0.1) is 0 Å². The van der Waals surface area contributed by atoms with Gasteiger partial charge in [0.15, 0.2) is 0 Å². The van der Waals surface area contributed by atoms with Crippen LogP contribution in [0.3, 0.4) is 0 Å². The molecule has 0 unspecified atom stereocenters. The van der Waals surface area contributed by atoms with Crippen LogP contribution < -0.4 is 20.1 Å². The lowest BCUT2D eigenvalue weighted by molar-refractivity contribution is 0.102. The number of carbonyl (C=O) groups excluding carboxylic acids is 1. The number of hydrogen-bond donors (Lipinski definition) is 2. The van der Waals surface area contributed by atoms with E-state index < -0.39 is 0 Å². The quantitative estimate of drug-likeness (QED) is 0.625. The van der Waals surface area contributed by atoms with Gasteiger partial charge in [-0.25, -0.2) is 9.97 Å². The van der Waals surface area contributed by atoms with Crippen molar-refractivity contribution in [3.8, 4) is 11.5 Å². The highest BCUT2D eigenvalue weighted by Gasteiger charge is 2.08. The van der Waals surface area contributed by atoms with Gasteiger partial charge in [0.25, 0.3) is 5.91 Å². The molecular weight excluding hydrogens is 356 g/mol. The van der Waals surface area contributed by atoms with Gasteiger partial charge in [-0.05, 0) is 36.2 Å². The minimum Gasteiger partial charge on any atom is -0.497 e. The van der Waals surface area contributed by atoms with Crippen LogP contribution in [-0.4, -0.2) is 36.6 Å². The number of nitrogens with one attached hydrogen (secondary N) is 2. The fraction of sp³-hybridized carbons (Fsp3) is 0.190. The van der Waals surface area contributed by atoms with Crippen molar-refractivity contribution in [1.29, 1.82) is 0 Å². The lowest BCUT2D eigenvalue weighted by Gasteiger charge is -2.08. The second-order valence-electron chi connectivity index (χ2n) is 6.01. The summed E-state index contributed by atoms with van der Waals surface area (Å²) in [5, 5.41) is 5.95. The molecule has 0 aliphatic rings. The number of ether oxygens (including phenoxy) is 2. The molecule has 0 bridgehead atoms. The molecule has 0 saturated heterocycles. The van der Waals surface area contributed by atoms with Gasteiger partial charge in [-0.2, -0.15) is 0 Å². The lowest BCUT2D eigenvalue weighted by atomic mass is 10.1. The summed E-state index contributed by atoms with van der Waals surface area (Å²) in [4.78, 5) is 20.7. The van der Waals surface area contributed by atoms with E-state index in [4.69, 9.17) is 9.47 Å². The van der Waals surface area contributed by atoms with Crippen molar-refractivity contribution in [2.24, 2.45) is 0 Å². The van der Waals surface area contributed by atoms with Crippen LogP contribution >= 0.6 is 0 Å². The third-order valence-corrected chi connectivity index (χ3v) is 4.07. The summed E-state index contributed by atoms with van der Waals surface area (Å²) >= 11 is 0. The van der Waals surface area contributed by atoms with Crippen LogP contribution in [0.25, 0.3) is 0 Å². The Morgan fingerprint density at radius 2 is 1.64 bits per heavy atom. The smallest absolute Gasteiger partial charge is 0.258 e. The average Bonchev–Trinajstić information content (AvgIpc) is 2.74. The Labute approximate surface area is 163 Å². The second kappa shape index (κ2) is 9.36. The van der Waals surface area contributed by atoms with E-state index in [0.717, 1.165) is 17.7 Å². The van der Waals surface area contributed by atoms with Crippen LogP contribution in [0.5, 0.6) is 11.5 Å². The van der Waals surface area contributed by atoms with E-state index in [1.54, 1.807) is 32.4 Å². The monoisotopic (exact) mass is 378 g/mol. The van der Waals surface area contributed by atoms with Crippen molar-refractivity contribution in [2.45, 2.75) is 6.42 Å². The van der Waals surface area contributed by atoms with Gasteiger partial charge in [0, 0.05) is 30.7 Å². The molecule has 0 spiro atoms. The van der Waals surface area contributed by atoms with E-state index in [-0.39, 0.29) is 5.91 Å². The summed E-state index contributed by atoms with van der Waals surface area (Å²) in [5.74, 6) is 1.70. The number of methoxy groups -OCH3 is 2. The summed E-state index contributed by atoms with van der Waals surface area (Å²) in [6.45, 7) is 0.669. The molecule has 3 aromatic rings. The molecule has 0 fully saturated rings. The molecule has 2 N–H and O–H groups in total. The van der Waals surface area contributed by atoms with Gasteiger partial charge < -0.3 is 20.1 Å². The largest absolute Gasteiger partial charge is 0.497 e. The number of carbonyl (C=O) groups is 1. The van der Waals surface area contributed by atoms with E-state index in [1.807, 2.05) is 30.3 Å². The Morgan fingerprint density at radius 1 is 0.964 bits per heavy atom. The minimum atomic E-state index is -0.281. The Morgan fingerprint density at radius 3 is 2.36 bits per heavy atom. The van der Waals surface area contributed by atoms with Crippen molar-refractivity contribution >= 4 is 17.5 Å². The summed E-state index contributed by atoms with van der Waals surface area (Å²) in [6.07, 6.45) is 3.80. The van der Waals surface area contributed by atoms with Crippen LogP contribution in [0.15, 0.2) is 60.9 Å². The van der Waals surface area contributed by atoms with Crippen LogP contribution in [0, 0.1) is 0 Å². The molecule has 0 saturated carbocycles. The van der Waals surface area contributed by atoms with E-state index in [9.17, 15) is 4.79 Å². The maximum atomic E-state index is 12.3. The highest BCUT2D eigenvalue weighted by atomic mass is 16.5. The zero-order valence-electron chi connectivity index (χ0n) is 15.8. The second-order valence-corrected chi connectivity index (χ2v) is 6.01. The number of nitrogens with zero attached hydrogens (tertiary/aromatic N) is 2. The van der Waals surface area contributed by atoms with Crippen molar-refractivity contribution in [1.82, 2.24) is 9.97 Å². The Balaban J connectivity index is 1.53. The van der Waals surface area contributed by atoms with Gasteiger partial charge in [-0.1, -0.05) is 18.2 Å². The summed E-state index contributed by atoms with van der Waals surface area (Å²) < 4.78 is 10.4. The summed E-state index contributed by atoms with van der Waals surface area (Å²) in [6, 6.07) is 15.1. The fourth-order valence-electron chi connectivity index (χ4n) is 2.59. The zero-order valence-corrected chi connectivity index (χ0v) is 15.8. The summed E-state index contributed by atoms with van der Waals surface area (Å²) in [5.41, 5.74) is 2.17. The first-order valence-corrected chi connectivity index (χ1v) is 8.82. The molecule has 0 aliphatic carbocycles. The topological polar surface area (TPSA) is 85.4 Å². The first-order valence-electron chi connectivity index (χ1n) is 8.82. The van der Waals surface area contributed by atoms with Gasteiger partial charge in [0.2, 0.25) is 5.95 Å². The van der Waals surface area contributed by atoms with Crippen molar-refractivity contribution in [2.75, 3.05) is 31.4 Å². The van der Waals surface area contributed by atoms with Gasteiger partial charge in [0.1, 0.15) is 11.5 Å². The standard InChI is InChI=1S/C21H22N4O3/c1-27-18-7-3-5-15(11-18)9-10-22-21-23-13-16(14-24-21)20(26)25-17-6-4-8-19(12-17)28-2/h3-8,11-14H,9-10H2,1-2H3,(H,25,26)(H,22,23,24). The van der Waals surface area contributed by atoms with Crippen molar-refractivity contribution < 1.29 is 14.3 Å². The molecule has 28 heavy (non-hydrogen) atoms. The molecule has 3 rings (SSSR count). The van der Waals surface area contributed by atoms with Crippen molar-refractivity contribution in [3.63, 3.8) is 0 Å². The van der Waals surface area contributed by atoms with Crippen LogP contribution in [-0.2, 0) is 6.42 Å². The van der Waals surface area contributed by atoms with Crippen LogP contribution in [0.2, 0.25) is 0 Å². The maximum Gasteiger partial charge on any atom is 0.258 e. The molecular formula is C21H22N4O3. The highest BCUT2D eigenvalue weighted by molar-refractivity contribution is 6.03. The Kier molecular flexibility index (Phi) is 6.41. The molecule has 2 aromatic carbocycles. The predicted molar refractivity (Wildman–Crippen MR) is 108 cm³/mol. The SMILES string of the molecule is COc1cccc(CCNc2ncc(C(=O)Nc3cccc(OC)c3)cn2)c1. The third-order valence-electron chi connectivity index (χ3n) is 4.07. The molecule has 1 amide bonds. The van der Waals surface area contributed by atoms with Crippen molar-refractivity contribution in [3.05, 3.63) is 72.1 Å². The first-order chi connectivity index (χ1) is 13.7. The molecule has 7 nitrogen and oxygen atoms in total. The number of anilines is 2. The number of hydrogen-bond acceptors (Lipinski definition) is 6. The maximum absolute atomic E-state index is 12.3. The lowest BCUT2D eigenvalue weighted by Crippen LogP contribution is -2.14. The molecule has 0 radical (unpaired) electrons. The zero-order chi connectivity index (χ0) is 19.8. The molecule has 0 atom stereocenters. The van der Waals surface area contributed by atoms with E-state index >= 15 is 0 Å². The first kappa shape index (κ1) is 19.2. The highest BCUT2D eigenvalue weighted by Crippen LogP contribution is 2.17. The normalized spacial score (nSPS) is 10.2. The number of rotatable bonds is 8. The third kappa shape index (κ3) is 5.20. The number of aromatic nitrogens is 2. The number of amides is 1. The van der Waals surface area contributed by atoms with Crippen LogP contribution in [0.4, 0.5) is 11.6 Å². The van der Waals surface area contributed by atoms with Gasteiger partial charge in [0.05, 0.1) is 19.8 Å². The molecule has 1 heterocycles. The van der Waals surface area contributed by atoms with Gasteiger partial charge in [-0.3, -0.25) is 4.79 Å². The fourth-order valence-corrected chi connectivity index (χ4v) is 2.59. The minimum absolute atomic E-state index is 0.281. The molecule has 7 heteroatoms. The molecule has 144 valence electrons. The van der Waals surface area contributed by atoms with E-state index in [1.165, 1.54) is 12.4 Å². The molecule has 1 aromatic heterocycles. The Hall–Kier alpha value is -3.61. The average molecular weight is 378 g/mol. The predicted octanol–water partition coefficient (Wildman–Crippen LogP) is 3.40. The van der Waals surface area contributed by atoms with E-state index in [0.29, 0.717) is 29.5 Å².